The molecule has 0 saturated heterocycles. The lowest BCUT2D eigenvalue weighted by Gasteiger charge is -2.03. The van der Waals surface area contributed by atoms with Crippen LogP contribution in [0.3, 0.4) is 0 Å². The van der Waals surface area contributed by atoms with Gasteiger partial charge in [0.05, 0.1) is 12.0 Å². The van der Waals surface area contributed by atoms with Crippen molar-refractivity contribution in [2.24, 2.45) is 0 Å². The Morgan fingerprint density at radius 2 is 2.31 bits per heavy atom. The Bertz CT molecular complexity index is 572. The summed E-state index contributed by atoms with van der Waals surface area (Å²) in [5, 5.41) is 0. The van der Waals surface area contributed by atoms with Crippen LogP contribution >= 0.6 is 15.9 Å². The Morgan fingerprint density at radius 3 is 2.88 bits per heavy atom. The van der Waals surface area contributed by atoms with Crippen molar-refractivity contribution in [2.45, 2.75) is 20.3 Å². The summed E-state index contributed by atoms with van der Waals surface area (Å²) in [6, 6.07) is 1.84. The number of nitrogens with zero attached hydrogens (tertiary/aromatic N) is 1. The standard InChI is InChI=1S/C11H11BrN2O2/c1-3-7-8(12)11(15)14-10(13-7)9-6(2)4-5-16-9/h4-5H,3H2,1-2H3,(H,13,14,15). The fourth-order valence-electron chi connectivity index (χ4n) is 1.46. The SMILES string of the molecule is CCc1nc(-c2occc2C)[nH]c(=O)c1Br. The molecule has 0 amide bonds. The van der Waals surface area contributed by atoms with Crippen LogP contribution in [0.5, 0.6) is 0 Å². The number of rotatable bonds is 2. The van der Waals surface area contributed by atoms with E-state index in [1.54, 1.807) is 6.26 Å². The largest absolute Gasteiger partial charge is 0.461 e. The average Bonchev–Trinajstić information content (AvgIpc) is 2.68. The van der Waals surface area contributed by atoms with E-state index >= 15 is 0 Å². The predicted molar refractivity (Wildman–Crippen MR) is 64.4 cm³/mol. The highest BCUT2D eigenvalue weighted by atomic mass is 79.9. The lowest BCUT2D eigenvalue weighted by Crippen LogP contribution is -2.13. The van der Waals surface area contributed by atoms with Gasteiger partial charge in [-0.05, 0) is 40.9 Å². The van der Waals surface area contributed by atoms with Gasteiger partial charge in [-0.25, -0.2) is 4.98 Å². The van der Waals surface area contributed by atoms with Crippen molar-refractivity contribution in [3.8, 4) is 11.6 Å². The first-order valence-corrected chi connectivity index (χ1v) is 5.76. The smallest absolute Gasteiger partial charge is 0.265 e. The molecule has 2 aromatic rings. The van der Waals surface area contributed by atoms with Gasteiger partial charge in [0.1, 0.15) is 4.47 Å². The summed E-state index contributed by atoms with van der Waals surface area (Å²) in [7, 11) is 0. The number of aromatic amines is 1. The van der Waals surface area contributed by atoms with Crippen molar-refractivity contribution in [3.63, 3.8) is 0 Å². The Morgan fingerprint density at radius 1 is 1.56 bits per heavy atom. The monoisotopic (exact) mass is 282 g/mol. The van der Waals surface area contributed by atoms with E-state index in [2.05, 4.69) is 25.9 Å². The zero-order valence-electron chi connectivity index (χ0n) is 9.00. The second-order valence-corrected chi connectivity index (χ2v) is 4.25. The van der Waals surface area contributed by atoms with Crippen LogP contribution < -0.4 is 5.56 Å². The fourth-order valence-corrected chi connectivity index (χ4v) is 1.93. The van der Waals surface area contributed by atoms with E-state index in [1.807, 2.05) is 19.9 Å². The topological polar surface area (TPSA) is 58.9 Å². The molecule has 0 aliphatic carbocycles. The normalized spacial score (nSPS) is 10.7. The van der Waals surface area contributed by atoms with Crippen molar-refractivity contribution in [1.82, 2.24) is 9.97 Å². The number of aromatic nitrogens is 2. The quantitative estimate of drug-likeness (QED) is 0.921. The second-order valence-electron chi connectivity index (χ2n) is 3.46. The van der Waals surface area contributed by atoms with Crippen LogP contribution in [0, 0.1) is 6.92 Å². The molecule has 0 saturated carbocycles. The number of aryl methyl sites for hydroxylation is 2. The third kappa shape index (κ3) is 1.82. The highest BCUT2D eigenvalue weighted by Gasteiger charge is 2.12. The number of hydrogen-bond acceptors (Lipinski definition) is 3. The highest BCUT2D eigenvalue weighted by Crippen LogP contribution is 2.21. The van der Waals surface area contributed by atoms with E-state index < -0.39 is 0 Å². The molecule has 0 fully saturated rings. The van der Waals surface area contributed by atoms with Gasteiger partial charge >= 0.3 is 0 Å². The Kier molecular flexibility index (Phi) is 2.96. The maximum absolute atomic E-state index is 11.6. The van der Waals surface area contributed by atoms with Gasteiger partial charge in [-0.15, -0.1) is 0 Å². The van der Waals surface area contributed by atoms with Gasteiger partial charge in [-0.1, -0.05) is 6.92 Å². The molecule has 84 valence electrons. The number of H-pyrrole nitrogens is 1. The molecule has 2 heterocycles. The summed E-state index contributed by atoms with van der Waals surface area (Å²) >= 11 is 3.22. The van der Waals surface area contributed by atoms with Gasteiger partial charge in [0.15, 0.2) is 11.6 Å². The number of nitrogens with one attached hydrogen (secondary N) is 1. The van der Waals surface area contributed by atoms with Gasteiger partial charge in [0.25, 0.3) is 5.56 Å². The molecule has 0 aromatic carbocycles. The molecule has 2 rings (SSSR count). The van der Waals surface area contributed by atoms with Crippen LogP contribution in [0.25, 0.3) is 11.6 Å². The van der Waals surface area contributed by atoms with E-state index in [9.17, 15) is 4.79 Å². The summed E-state index contributed by atoms with van der Waals surface area (Å²) in [5.74, 6) is 1.09. The zero-order valence-corrected chi connectivity index (χ0v) is 10.6. The number of furan rings is 1. The maximum atomic E-state index is 11.6. The van der Waals surface area contributed by atoms with Crippen LogP contribution in [-0.4, -0.2) is 9.97 Å². The van der Waals surface area contributed by atoms with Gasteiger partial charge in [0, 0.05) is 0 Å². The molecule has 0 aliphatic heterocycles. The van der Waals surface area contributed by atoms with Gasteiger partial charge in [-0.2, -0.15) is 0 Å². The minimum absolute atomic E-state index is 0.183. The van der Waals surface area contributed by atoms with Gasteiger partial charge in [0.2, 0.25) is 0 Å². The van der Waals surface area contributed by atoms with Crippen LogP contribution in [0.4, 0.5) is 0 Å². The number of halogens is 1. The Balaban J connectivity index is 2.64. The van der Waals surface area contributed by atoms with Gasteiger partial charge < -0.3 is 9.40 Å². The molecule has 16 heavy (non-hydrogen) atoms. The molecule has 4 nitrogen and oxygen atoms in total. The first kappa shape index (κ1) is 11.1. The first-order chi connectivity index (χ1) is 7.63. The minimum Gasteiger partial charge on any atom is -0.461 e. The van der Waals surface area contributed by atoms with Crippen LogP contribution in [0.2, 0.25) is 0 Å². The molecular weight excluding hydrogens is 272 g/mol. The molecule has 0 unspecified atom stereocenters. The van der Waals surface area contributed by atoms with E-state index in [4.69, 9.17) is 4.42 Å². The lowest BCUT2D eigenvalue weighted by molar-refractivity contribution is 0.574. The lowest BCUT2D eigenvalue weighted by atomic mass is 10.2. The highest BCUT2D eigenvalue weighted by molar-refractivity contribution is 9.10. The van der Waals surface area contributed by atoms with Crippen LogP contribution in [0.15, 0.2) is 26.0 Å². The molecule has 0 aliphatic rings. The molecule has 2 aromatic heterocycles. The van der Waals surface area contributed by atoms with Crippen molar-refractivity contribution >= 4 is 15.9 Å². The summed E-state index contributed by atoms with van der Waals surface area (Å²) in [5.41, 5.74) is 1.50. The van der Waals surface area contributed by atoms with Crippen molar-refractivity contribution < 1.29 is 4.42 Å². The van der Waals surface area contributed by atoms with Crippen LogP contribution in [0.1, 0.15) is 18.2 Å². The molecule has 0 bridgehead atoms. The van der Waals surface area contributed by atoms with Crippen molar-refractivity contribution in [1.29, 1.82) is 0 Å². The maximum Gasteiger partial charge on any atom is 0.265 e. The van der Waals surface area contributed by atoms with E-state index in [1.165, 1.54) is 0 Å². The molecule has 0 atom stereocenters. The minimum atomic E-state index is -0.183. The van der Waals surface area contributed by atoms with Crippen LogP contribution in [-0.2, 0) is 6.42 Å². The average molecular weight is 283 g/mol. The van der Waals surface area contributed by atoms with E-state index in [0.29, 0.717) is 22.5 Å². The second kappa shape index (κ2) is 4.25. The first-order valence-electron chi connectivity index (χ1n) is 4.96. The molecule has 0 radical (unpaired) electrons. The zero-order chi connectivity index (χ0) is 11.7. The molecule has 5 heteroatoms. The summed E-state index contributed by atoms with van der Waals surface area (Å²) in [6.45, 7) is 3.86. The summed E-state index contributed by atoms with van der Waals surface area (Å²) in [4.78, 5) is 18.7. The third-order valence-corrected chi connectivity index (χ3v) is 3.16. The predicted octanol–water partition coefficient (Wildman–Crippen LogP) is 2.66. The third-order valence-electron chi connectivity index (χ3n) is 2.34. The molecular formula is C11H11BrN2O2. The number of hydrogen-bond donors (Lipinski definition) is 1. The summed E-state index contributed by atoms with van der Waals surface area (Å²) < 4.78 is 5.79. The van der Waals surface area contributed by atoms with E-state index in [-0.39, 0.29) is 5.56 Å². The molecule has 0 spiro atoms. The molecule has 1 N–H and O–H groups in total. The fraction of sp³-hybridized carbons (Fsp3) is 0.273. The Labute approximate surface area is 101 Å². The summed E-state index contributed by atoms with van der Waals surface area (Å²) in [6.07, 6.45) is 2.27. The van der Waals surface area contributed by atoms with Crippen molar-refractivity contribution in [2.75, 3.05) is 0 Å². The van der Waals surface area contributed by atoms with Gasteiger partial charge in [-0.3, -0.25) is 4.79 Å². The Hall–Kier alpha value is -1.36. The van der Waals surface area contributed by atoms with E-state index in [0.717, 1.165) is 11.3 Å². The van der Waals surface area contributed by atoms with Crippen molar-refractivity contribution in [3.05, 3.63) is 38.4 Å².